The Morgan fingerprint density at radius 2 is 1.88 bits per heavy atom. The first-order valence-corrected chi connectivity index (χ1v) is 10.5. The van der Waals surface area contributed by atoms with Crippen LogP contribution < -0.4 is 10.1 Å². The molecular formula is C18H21BrNO4P. The summed E-state index contributed by atoms with van der Waals surface area (Å²) >= 11 is 3.43. The molecule has 0 radical (unpaired) electrons. The van der Waals surface area contributed by atoms with E-state index >= 15 is 0 Å². The van der Waals surface area contributed by atoms with Gasteiger partial charge in [-0.2, -0.15) is 0 Å². The van der Waals surface area contributed by atoms with E-state index in [9.17, 15) is 4.57 Å². The van der Waals surface area contributed by atoms with Gasteiger partial charge in [0.2, 0.25) is 0 Å². The summed E-state index contributed by atoms with van der Waals surface area (Å²) in [5.41, 5.74) is 1.66. The molecule has 1 fully saturated rings. The van der Waals surface area contributed by atoms with Gasteiger partial charge in [0.25, 0.3) is 0 Å². The van der Waals surface area contributed by atoms with Crippen LogP contribution in [0.25, 0.3) is 0 Å². The van der Waals surface area contributed by atoms with E-state index in [0.29, 0.717) is 6.61 Å². The second kappa shape index (κ2) is 7.92. The van der Waals surface area contributed by atoms with E-state index in [1.54, 1.807) is 7.11 Å². The Bertz CT molecular complexity index is 751. The Labute approximate surface area is 156 Å². The standard InChI is InChI=1S/C18H21BrNO4P/c1-13-11-12-23-25(21,24-13)18(14-3-5-15(19)6-4-14)20-16-7-9-17(22-2)10-8-16/h3-10,13,18,20H,11-12H2,1-2H3/t13-,18-,25+/m0/s1. The highest BCUT2D eigenvalue weighted by Gasteiger charge is 2.41. The van der Waals surface area contributed by atoms with Gasteiger partial charge < -0.3 is 19.1 Å². The summed E-state index contributed by atoms with van der Waals surface area (Å²) in [5.74, 6) is 0.174. The average Bonchev–Trinajstić information content (AvgIpc) is 2.61. The van der Waals surface area contributed by atoms with E-state index in [0.717, 1.165) is 27.9 Å². The molecule has 0 bridgehead atoms. The molecule has 1 heterocycles. The zero-order valence-corrected chi connectivity index (χ0v) is 16.6. The van der Waals surface area contributed by atoms with Crippen LogP contribution in [-0.2, 0) is 13.6 Å². The second-order valence-corrected chi connectivity index (χ2v) is 8.89. The van der Waals surface area contributed by atoms with Gasteiger partial charge in [0.15, 0.2) is 5.78 Å². The number of methoxy groups -OCH3 is 1. The van der Waals surface area contributed by atoms with Gasteiger partial charge in [0.1, 0.15) is 5.75 Å². The molecule has 3 rings (SSSR count). The first kappa shape index (κ1) is 18.5. The van der Waals surface area contributed by atoms with Crippen LogP contribution in [0.15, 0.2) is 53.0 Å². The molecule has 2 aromatic carbocycles. The molecule has 1 N–H and O–H groups in total. The fraction of sp³-hybridized carbons (Fsp3) is 0.333. The molecule has 1 saturated heterocycles. The van der Waals surface area contributed by atoms with E-state index < -0.39 is 13.4 Å². The number of ether oxygens (including phenoxy) is 1. The Balaban J connectivity index is 1.93. The average molecular weight is 426 g/mol. The lowest BCUT2D eigenvalue weighted by molar-refractivity contribution is 0.0887. The number of hydrogen-bond acceptors (Lipinski definition) is 5. The fourth-order valence-corrected chi connectivity index (χ4v) is 5.06. The molecule has 0 unspecified atom stereocenters. The monoisotopic (exact) mass is 425 g/mol. The predicted octanol–water partition coefficient (Wildman–Crippen LogP) is 5.59. The summed E-state index contributed by atoms with van der Waals surface area (Å²) < 4.78 is 31.0. The zero-order valence-electron chi connectivity index (χ0n) is 14.1. The van der Waals surface area contributed by atoms with Crippen molar-refractivity contribution in [3.63, 3.8) is 0 Å². The molecule has 25 heavy (non-hydrogen) atoms. The Kier molecular flexibility index (Phi) is 5.85. The highest BCUT2D eigenvalue weighted by molar-refractivity contribution is 9.10. The van der Waals surface area contributed by atoms with Gasteiger partial charge in [-0.1, -0.05) is 28.1 Å². The van der Waals surface area contributed by atoms with Gasteiger partial charge in [-0.15, -0.1) is 0 Å². The molecule has 2 aromatic rings. The van der Waals surface area contributed by atoms with Crippen molar-refractivity contribution in [2.75, 3.05) is 19.0 Å². The van der Waals surface area contributed by atoms with E-state index in [4.69, 9.17) is 13.8 Å². The summed E-state index contributed by atoms with van der Waals surface area (Å²) in [5, 5.41) is 3.31. The molecule has 7 heteroatoms. The lowest BCUT2D eigenvalue weighted by Crippen LogP contribution is -2.23. The number of halogens is 1. The van der Waals surface area contributed by atoms with Crippen molar-refractivity contribution in [1.29, 1.82) is 0 Å². The summed E-state index contributed by atoms with van der Waals surface area (Å²) in [6.07, 6.45) is 0.634. The van der Waals surface area contributed by atoms with Crippen molar-refractivity contribution < 1.29 is 18.3 Å². The van der Waals surface area contributed by atoms with E-state index in [1.807, 2.05) is 55.5 Å². The van der Waals surface area contributed by atoms with Crippen molar-refractivity contribution in [2.45, 2.75) is 25.2 Å². The zero-order chi connectivity index (χ0) is 17.9. The first-order chi connectivity index (χ1) is 12.0. The van der Waals surface area contributed by atoms with Crippen molar-refractivity contribution in [2.24, 2.45) is 0 Å². The molecule has 1 aliphatic rings. The molecule has 134 valence electrons. The van der Waals surface area contributed by atoms with Crippen molar-refractivity contribution in [1.82, 2.24) is 0 Å². The van der Waals surface area contributed by atoms with E-state index in [-0.39, 0.29) is 6.10 Å². The highest BCUT2D eigenvalue weighted by Crippen LogP contribution is 2.63. The molecule has 3 atom stereocenters. The molecule has 0 amide bonds. The molecule has 0 aliphatic carbocycles. The van der Waals surface area contributed by atoms with Crippen LogP contribution in [0, 0.1) is 0 Å². The van der Waals surface area contributed by atoms with Gasteiger partial charge in [0, 0.05) is 10.2 Å². The normalized spacial score (nSPS) is 24.5. The number of anilines is 1. The Hall–Kier alpha value is -1.33. The van der Waals surface area contributed by atoms with Crippen molar-refractivity contribution in [3.8, 4) is 5.75 Å². The molecule has 0 saturated carbocycles. The van der Waals surface area contributed by atoms with Gasteiger partial charge in [-0.3, -0.25) is 4.57 Å². The number of benzene rings is 2. The molecule has 1 aliphatic heterocycles. The van der Waals surface area contributed by atoms with E-state index in [1.165, 1.54) is 0 Å². The topological polar surface area (TPSA) is 56.8 Å². The quantitative estimate of drug-likeness (QED) is 0.632. The summed E-state index contributed by atoms with van der Waals surface area (Å²) in [7, 11) is -1.74. The third kappa shape index (κ3) is 4.45. The summed E-state index contributed by atoms with van der Waals surface area (Å²) in [4.78, 5) is 0. The molecule has 0 spiro atoms. The van der Waals surface area contributed by atoms with Crippen LogP contribution in [0.1, 0.15) is 24.7 Å². The smallest absolute Gasteiger partial charge is 0.357 e. The van der Waals surface area contributed by atoms with Crippen LogP contribution in [0.2, 0.25) is 0 Å². The number of nitrogens with one attached hydrogen (secondary N) is 1. The minimum atomic E-state index is -3.36. The maximum atomic E-state index is 13.4. The third-order valence-electron chi connectivity index (χ3n) is 4.02. The Morgan fingerprint density at radius 1 is 1.20 bits per heavy atom. The SMILES string of the molecule is COc1ccc(N[C@H](c2ccc(Br)cc2)[P@@]2(=O)OCC[C@H](C)O2)cc1. The minimum Gasteiger partial charge on any atom is -0.497 e. The van der Waals surface area contributed by atoms with Crippen LogP contribution in [0.4, 0.5) is 5.69 Å². The van der Waals surface area contributed by atoms with Crippen LogP contribution in [0.3, 0.4) is 0 Å². The maximum Gasteiger partial charge on any atom is 0.357 e. The molecular weight excluding hydrogens is 405 g/mol. The largest absolute Gasteiger partial charge is 0.497 e. The first-order valence-electron chi connectivity index (χ1n) is 8.09. The number of rotatable bonds is 5. The fourth-order valence-electron chi connectivity index (χ4n) is 2.65. The van der Waals surface area contributed by atoms with Gasteiger partial charge in [-0.25, -0.2) is 0 Å². The lowest BCUT2D eigenvalue weighted by Gasteiger charge is -2.34. The number of hydrogen-bond donors (Lipinski definition) is 1. The highest BCUT2D eigenvalue weighted by atomic mass is 79.9. The maximum absolute atomic E-state index is 13.4. The van der Waals surface area contributed by atoms with Crippen molar-refractivity contribution >= 4 is 29.2 Å². The predicted molar refractivity (Wildman–Crippen MR) is 102 cm³/mol. The molecule has 5 nitrogen and oxygen atoms in total. The van der Waals surface area contributed by atoms with Gasteiger partial charge in [-0.05, 0) is 55.3 Å². The van der Waals surface area contributed by atoms with Crippen LogP contribution in [-0.4, -0.2) is 19.8 Å². The lowest BCUT2D eigenvalue weighted by atomic mass is 10.2. The van der Waals surface area contributed by atoms with Crippen molar-refractivity contribution in [3.05, 3.63) is 58.6 Å². The minimum absolute atomic E-state index is 0.102. The third-order valence-corrected chi connectivity index (χ3v) is 6.80. The summed E-state index contributed by atoms with van der Waals surface area (Å²) in [6, 6.07) is 15.1. The van der Waals surface area contributed by atoms with Crippen LogP contribution >= 0.6 is 23.5 Å². The van der Waals surface area contributed by atoms with E-state index in [2.05, 4.69) is 21.2 Å². The Morgan fingerprint density at radius 3 is 2.48 bits per heavy atom. The van der Waals surface area contributed by atoms with Gasteiger partial charge in [0.05, 0.1) is 19.8 Å². The van der Waals surface area contributed by atoms with Crippen LogP contribution in [0.5, 0.6) is 5.75 Å². The molecule has 0 aromatic heterocycles. The second-order valence-electron chi connectivity index (χ2n) is 5.90. The van der Waals surface area contributed by atoms with Gasteiger partial charge >= 0.3 is 7.60 Å². The summed E-state index contributed by atoms with van der Waals surface area (Å²) in [6.45, 7) is 2.34.